The SMILES string of the molecule is O=S(=O)(Nc1ncc(C(Oc2ccc3cc(Br)ccc3c2)c2ccc(Cl)cc2)s1)c1ccc2ccccc2c1. The van der Waals surface area contributed by atoms with Crippen LogP contribution < -0.4 is 9.46 Å². The first-order chi connectivity index (χ1) is 18.8. The van der Waals surface area contributed by atoms with E-state index in [9.17, 15) is 8.42 Å². The van der Waals surface area contributed by atoms with Crippen LogP contribution >= 0.6 is 38.9 Å². The van der Waals surface area contributed by atoms with E-state index in [4.69, 9.17) is 16.3 Å². The van der Waals surface area contributed by atoms with Gasteiger partial charge >= 0.3 is 0 Å². The number of rotatable bonds is 7. The first kappa shape index (κ1) is 25.8. The fourth-order valence-electron chi connectivity index (χ4n) is 4.30. The van der Waals surface area contributed by atoms with Gasteiger partial charge in [-0.1, -0.05) is 93.5 Å². The lowest BCUT2D eigenvalue weighted by Crippen LogP contribution is -2.12. The standard InChI is InChI=1S/C30H20BrClN2O3S2/c31-24-10-5-23-16-26(13-8-22(23)15-24)37-29(20-6-11-25(32)12-7-20)28-18-33-30(38-28)34-39(35,36)27-14-9-19-3-1-2-4-21(19)17-27/h1-18,29H,(H,33,34). The minimum atomic E-state index is -3.84. The van der Waals surface area contributed by atoms with Crippen molar-refractivity contribution in [3.8, 4) is 5.75 Å². The van der Waals surface area contributed by atoms with Gasteiger partial charge < -0.3 is 4.74 Å². The van der Waals surface area contributed by atoms with Gasteiger partial charge in [-0.05, 0) is 75.6 Å². The maximum Gasteiger partial charge on any atom is 0.263 e. The Morgan fingerprint density at radius 3 is 2.33 bits per heavy atom. The average Bonchev–Trinajstić information content (AvgIpc) is 3.39. The normalized spacial score (nSPS) is 12.5. The van der Waals surface area contributed by atoms with Crippen molar-refractivity contribution in [2.45, 2.75) is 11.0 Å². The summed E-state index contributed by atoms with van der Waals surface area (Å²) in [5.74, 6) is 0.677. The highest BCUT2D eigenvalue weighted by molar-refractivity contribution is 9.10. The summed E-state index contributed by atoms with van der Waals surface area (Å²) < 4.78 is 36.5. The fraction of sp³-hybridized carbons (Fsp3) is 0.0333. The van der Waals surface area contributed by atoms with E-state index in [1.165, 1.54) is 11.3 Å². The summed E-state index contributed by atoms with van der Waals surface area (Å²) in [4.78, 5) is 5.28. The molecule has 1 heterocycles. The van der Waals surface area contributed by atoms with Crippen LogP contribution in [0.4, 0.5) is 5.13 Å². The fourth-order valence-corrected chi connectivity index (χ4v) is 6.95. The highest BCUT2D eigenvalue weighted by Gasteiger charge is 2.22. The van der Waals surface area contributed by atoms with Crippen molar-refractivity contribution in [2.75, 3.05) is 4.72 Å². The lowest BCUT2D eigenvalue weighted by atomic mass is 10.1. The summed E-state index contributed by atoms with van der Waals surface area (Å²) in [5.41, 5.74) is 0.864. The molecule has 0 saturated carbocycles. The van der Waals surface area contributed by atoms with Crippen LogP contribution in [0.15, 0.2) is 119 Å². The van der Waals surface area contributed by atoms with E-state index in [2.05, 4.69) is 25.6 Å². The van der Waals surface area contributed by atoms with Gasteiger partial charge in [-0.15, -0.1) is 0 Å². The molecule has 1 N–H and O–H groups in total. The minimum Gasteiger partial charge on any atom is -0.480 e. The zero-order valence-electron chi connectivity index (χ0n) is 20.2. The van der Waals surface area contributed by atoms with Crippen LogP contribution in [0.1, 0.15) is 16.5 Å². The van der Waals surface area contributed by atoms with Gasteiger partial charge in [0.05, 0.1) is 9.77 Å². The first-order valence-corrected chi connectivity index (χ1v) is 15.4. The number of nitrogens with zero attached hydrogens (tertiary/aromatic N) is 1. The second-order valence-electron chi connectivity index (χ2n) is 8.88. The Hall–Kier alpha value is -3.43. The Kier molecular flexibility index (Phi) is 7.03. The van der Waals surface area contributed by atoms with Crippen molar-refractivity contribution < 1.29 is 13.2 Å². The van der Waals surface area contributed by atoms with Crippen LogP contribution in [0.5, 0.6) is 5.75 Å². The smallest absolute Gasteiger partial charge is 0.263 e. The van der Waals surface area contributed by atoms with Crippen LogP contribution in [0.25, 0.3) is 21.5 Å². The third-order valence-corrected chi connectivity index (χ3v) is 9.40. The van der Waals surface area contributed by atoms with E-state index in [1.807, 2.05) is 72.8 Å². The van der Waals surface area contributed by atoms with Gasteiger partial charge in [0.1, 0.15) is 5.75 Å². The van der Waals surface area contributed by atoms with Crippen LogP contribution in [0.2, 0.25) is 5.02 Å². The van der Waals surface area contributed by atoms with Crippen molar-refractivity contribution in [1.29, 1.82) is 0 Å². The molecule has 194 valence electrons. The van der Waals surface area contributed by atoms with Crippen molar-refractivity contribution in [3.05, 3.63) is 129 Å². The van der Waals surface area contributed by atoms with Gasteiger partial charge in [-0.2, -0.15) is 0 Å². The van der Waals surface area contributed by atoms with E-state index in [0.29, 0.717) is 10.8 Å². The molecule has 0 saturated heterocycles. The van der Waals surface area contributed by atoms with E-state index < -0.39 is 16.1 Å². The molecule has 0 fully saturated rings. The minimum absolute atomic E-state index is 0.172. The monoisotopic (exact) mass is 634 g/mol. The predicted octanol–water partition coefficient (Wildman–Crippen LogP) is 8.83. The lowest BCUT2D eigenvalue weighted by molar-refractivity contribution is 0.251. The Morgan fingerprint density at radius 1 is 0.821 bits per heavy atom. The molecule has 1 atom stereocenters. The molecule has 5 nitrogen and oxygen atoms in total. The Labute approximate surface area is 243 Å². The number of aromatic nitrogens is 1. The predicted molar refractivity (Wildman–Crippen MR) is 162 cm³/mol. The highest BCUT2D eigenvalue weighted by atomic mass is 79.9. The summed E-state index contributed by atoms with van der Waals surface area (Å²) in [6.45, 7) is 0. The summed E-state index contributed by atoms with van der Waals surface area (Å²) in [5, 5.41) is 4.81. The van der Waals surface area contributed by atoms with Crippen molar-refractivity contribution in [3.63, 3.8) is 0 Å². The van der Waals surface area contributed by atoms with E-state index in [-0.39, 0.29) is 10.0 Å². The highest BCUT2D eigenvalue weighted by Crippen LogP contribution is 2.36. The molecular weight excluding hydrogens is 616 g/mol. The van der Waals surface area contributed by atoms with Gasteiger partial charge in [0.25, 0.3) is 10.0 Å². The number of anilines is 1. The maximum absolute atomic E-state index is 13.2. The van der Waals surface area contributed by atoms with Gasteiger partial charge in [-0.3, -0.25) is 4.72 Å². The molecule has 0 amide bonds. The van der Waals surface area contributed by atoms with Gasteiger partial charge in [0, 0.05) is 15.7 Å². The number of benzene rings is 5. The number of hydrogen-bond donors (Lipinski definition) is 1. The molecule has 39 heavy (non-hydrogen) atoms. The molecule has 0 radical (unpaired) electrons. The molecule has 0 spiro atoms. The summed E-state index contributed by atoms with van der Waals surface area (Å²) in [6.07, 6.45) is 1.12. The van der Waals surface area contributed by atoms with E-state index >= 15 is 0 Å². The average molecular weight is 636 g/mol. The molecular formula is C30H20BrClN2O3S2. The lowest BCUT2D eigenvalue weighted by Gasteiger charge is -2.19. The number of sulfonamides is 1. The van der Waals surface area contributed by atoms with Gasteiger partial charge in [0.2, 0.25) is 0 Å². The third kappa shape index (κ3) is 5.65. The van der Waals surface area contributed by atoms with Gasteiger partial charge in [-0.25, -0.2) is 13.4 Å². The number of halogens is 2. The molecule has 0 aliphatic carbocycles. The summed E-state index contributed by atoms with van der Waals surface area (Å²) in [7, 11) is -3.84. The zero-order valence-corrected chi connectivity index (χ0v) is 24.2. The summed E-state index contributed by atoms with van der Waals surface area (Å²) in [6, 6.07) is 32.0. The van der Waals surface area contributed by atoms with E-state index in [1.54, 1.807) is 36.5 Å². The van der Waals surface area contributed by atoms with Crippen molar-refractivity contribution >= 4 is 75.6 Å². The van der Waals surface area contributed by atoms with Crippen LogP contribution in [0.3, 0.4) is 0 Å². The molecule has 0 aliphatic rings. The van der Waals surface area contributed by atoms with E-state index in [0.717, 1.165) is 36.5 Å². The van der Waals surface area contributed by atoms with Crippen LogP contribution in [0, 0.1) is 0 Å². The number of thiazole rings is 1. The molecule has 1 unspecified atom stereocenters. The van der Waals surface area contributed by atoms with Crippen molar-refractivity contribution in [1.82, 2.24) is 4.98 Å². The Balaban J connectivity index is 1.31. The Bertz CT molecular complexity index is 1920. The van der Waals surface area contributed by atoms with Crippen LogP contribution in [-0.4, -0.2) is 13.4 Å². The molecule has 9 heteroatoms. The number of nitrogens with one attached hydrogen (secondary N) is 1. The van der Waals surface area contributed by atoms with Crippen molar-refractivity contribution in [2.24, 2.45) is 0 Å². The molecule has 6 aromatic rings. The summed E-state index contributed by atoms with van der Waals surface area (Å²) >= 11 is 10.9. The zero-order chi connectivity index (χ0) is 27.0. The third-order valence-electron chi connectivity index (χ3n) is 6.24. The first-order valence-electron chi connectivity index (χ1n) is 11.9. The second kappa shape index (κ2) is 10.6. The molecule has 6 rings (SSSR count). The number of ether oxygens (including phenoxy) is 1. The van der Waals surface area contributed by atoms with Crippen LogP contribution in [-0.2, 0) is 10.0 Å². The molecule has 0 bridgehead atoms. The van der Waals surface area contributed by atoms with Gasteiger partial charge in [0.15, 0.2) is 11.2 Å². The number of fused-ring (bicyclic) bond motifs is 2. The Morgan fingerprint density at radius 2 is 1.51 bits per heavy atom. The number of hydrogen-bond acceptors (Lipinski definition) is 5. The topological polar surface area (TPSA) is 68.3 Å². The quantitative estimate of drug-likeness (QED) is 0.190. The largest absolute Gasteiger partial charge is 0.480 e. The molecule has 1 aromatic heterocycles. The maximum atomic E-state index is 13.2. The second-order valence-corrected chi connectivity index (χ2v) is 13.0. The molecule has 0 aliphatic heterocycles. The molecule has 5 aromatic carbocycles.